The molecule has 1 nitrogen and oxygen atoms in total. The van der Waals surface area contributed by atoms with Crippen molar-refractivity contribution >= 4 is 23.1 Å². The number of thiophene rings is 1. The van der Waals surface area contributed by atoms with Crippen LogP contribution < -0.4 is 5.32 Å². The zero-order valence-electron chi connectivity index (χ0n) is 9.24. The van der Waals surface area contributed by atoms with E-state index in [1.165, 1.54) is 29.2 Å². The SMILES string of the molecule is CC(NCCSCC1CC1)c1cccs1. The van der Waals surface area contributed by atoms with Crippen LogP contribution in [0.3, 0.4) is 0 Å². The van der Waals surface area contributed by atoms with Crippen molar-refractivity contribution in [3.05, 3.63) is 22.4 Å². The summed E-state index contributed by atoms with van der Waals surface area (Å²) < 4.78 is 0. The van der Waals surface area contributed by atoms with Crippen LogP contribution in [0, 0.1) is 5.92 Å². The molecule has 0 bridgehead atoms. The van der Waals surface area contributed by atoms with E-state index in [2.05, 4.69) is 41.5 Å². The second-order valence-electron chi connectivity index (χ2n) is 4.21. The summed E-state index contributed by atoms with van der Waals surface area (Å²) in [7, 11) is 0. The lowest BCUT2D eigenvalue weighted by atomic mass is 10.3. The van der Waals surface area contributed by atoms with Gasteiger partial charge >= 0.3 is 0 Å². The van der Waals surface area contributed by atoms with E-state index in [1.807, 2.05) is 11.3 Å². The summed E-state index contributed by atoms with van der Waals surface area (Å²) in [4.78, 5) is 1.45. The maximum absolute atomic E-state index is 3.57. The summed E-state index contributed by atoms with van der Waals surface area (Å²) in [6.07, 6.45) is 2.96. The molecule has 2 rings (SSSR count). The van der Waals surface area contributed by atoms with Gasteiger partial charge in [0.25, 0.3) is 0 Å². The normalized spacial score (nSPS) is 17.9. The Labute approximate surface area is 101 Å². The molecule has 84 valence electrons. The maximum atomic E-state index is 3.57. The minimum absolute atomic E-state index is 0.520. The van der Waals surface area contributed by atoms with Gasteiger partial charge in [0, 0.05) is 23.2 Å². The van der Waals surface area contributed by atoms with Crippen molar-refractivity contribution < 1.29 is 0 Å². The molecular weight excluding hydrogens is 222 g/mol. The highest BCUT2D eigenvalue weighted by molar-refractivity contribution is 7.99. The third-order valence-electron chi connectivity index (χ3n) is 2.72. The fourth-order valence-corrected chi connectivity index (χ4v) is 3.37. The van der Waals surface area contributed by atoms with Gasteiger partial charge in [-0.2, -0.15) is 11.8 Å². The van der Waals surface area contributed by atoms with Gasteiger partial charge in [-0.3, -0.25) is 0 Å². The lowest BCUT2D eigenvalue weighted by Crippen LogP contribution is -2.20. The zero-order valence-corrected chi connectivity index (χ0v) is 10.9. The van der Waals surface area contributed by atoms with E-state index in [4.69, 9.17) is 0 Å². The summed E-state index contributed by atoms with van der Waals surface area (Å²) >= 11 is 3.94. The van der Waals surface area contributed by atoms with Crippen LogP contribution in [0.15, 0.2) is 17.5 Å². The number of rotatable bonds is 7. The van der Waals surface area contributed by atoms with Gasteiger partial charge in [-0.15, -0.1) is 11.3 Å². The Bertz CT molecular complexity index is 267. The lowest BCUT2D eigenvalue weighted by molar-refractivity contribution is 0.610. The van der Waals surface area contributed by atoms with Gasteiger partial charge < -0.3 is 5.32 Å². The molecule has 1 aromatic heterocycles. The van der Waals surface area contributed by atoms with Crippen LogP contribution in [0.4, 0.5) is 0 Å². The topological polar surface area (TPSA) is 12.0 Å². The Balaban J connectivity index is 1.53. The van der Waals surface area contributed by atoms with Crippen LogP contribution >= 0.6 is 23.1 Å². The first-order valence-electron chi connectivity index (χ1n) is 5.71. The van der Waals surface area contributed by atoms with E-state index in [0.717, 1.165) is 12.5 Å². The molecule has 1 saturated carbocycles. The Morgan fingerprint density at radius 1 is 1.60 bits per heavy atom. The zero-order chi connectivity index (χ0) is 10.5. The molecule has 15 heavy (non-hydrogen) atoms. The molecule has 0 radical (unpaired) electrons. The van der Waals surface area contributed by atoms with E-state index < -0.39 is 0 Å². The molecule has 1 fully saturated rings. The minimum atomic E-state index is 0.520. The Morgan fingerprint density at radius 3 is 3.13 bits per heavy atom. The summed E-state index contributed by atoms with van der Waals surface area (Å²) in [5.41, 5.74) is 0. The molecule has 1 aromatic rings. The molecule has 1 unspecified atom stereocenters. The third-order valence-corrected chi connectivity index (χ3v) is 4.97. The van der Waals surface area contributed by atoms with Crippen molar-refractivity contribution in [1.29, 1.82) is 0 Å². The van der Waals surface area contributed by atoms with Gasteiger partial charge in [-0.1, -0.05) is 6.07 Å². The quantitative estimate of drug-likeness (QED) is 0.733. The van der Waals surface area contributed by atoms with E-state index in [1.54, 1.807) is 0 Å². The smallest absolute Gasteiger partial charge is 0.0386 e. The molecule has 0 spiro atoms. The second kappa shape index (κ2) is 5.92. The van der Waals surface area contributed by atoms with Crippen molar-refractivity contribution in [3.63, 3.8) is 0 Å². The number of hydrogen-bond acceptors (Lipinski definition) is 3. The van der Waals surface area contributed by atoms with E-state index in [0.29, 0.717) is 6.04 Å². The van der Waals surface area contributed by atoms with Gasteiger partial charge in [0.05, 0.1) is 0 Å². The molecule has 1 heterocycles. The summed E-state index contributed by atoms with van der Waals surface area (Å²) in [5.74, 6) is 3.70. The summed E-state index contributed by atoms with van der Waals surface area (Å²) in [5, 5.41) is 5.72. The first-order valence-corrected chi connectivity index (χ1v) is 7.74. The maximum Gasteiger partial charge on any atom is 0.0386 e. The van der Waals surface area contributed by atoms with Crippen LogP contribution in [0.2, 0.25) is 0 Å². The Morgan fingerprint density at radius 2 is 2.47 bits per heavy atom. The molecule has 3 heteroatoms. The number of thioether (sulfide) groups is 1. The van der Waals surface area contributed by atoms with Crippen LogP contribution in [0.25, 0.3) is 0 Å². The molecule has 1 aliphatic carbocycles. The van der Waals surface area contributed by atoms with Crippen LogP contribution in [-0.4, -0.2) is 18.1 Å². The van der Waals surface area contributed by atoms with Crippen molar-refractivity contribution in [1.82, 2.24) is 5.32 Å². The largest absolute Gasteiger partial charge is 0.309 e. The summed E-state index contributed by atoms with van der Waals surface area (Å²) in [6.45, 7) is 3.38. The van der Waals surface area contributed by atoms with Crippen molar-refractivity contribution in [3.8, 4) is 0 Å². The molecule has 1 atom stereocenters. The monoisotopic (exact) mass is 241 g/mol. The van der Waals surface area contributed by atoms with Crippen LogP contribution in [-0.2, 0) is 0 Å². The predicted molar refractivity (Wildman–Crippen MR) is 70.8 cm³/mol. The van der Waals surface area contributed by atoms with Gasteiger partial charge in [0.15, 0.2) is 0 Å². The highest BCUT2D eigenvalue weighted by atomic mass is 32.2. The fourth-order valence-electron chi connectivity index (χ4n) is 1.52. The van der Waals surface area contributed by atoms with E-state index in [-0.39, 0.29) is 0 Å². The van der Waals surface area contributed by atoms with E-state index >= 15 is 0 Å². The predicted octanol–water partition coefficient (Wildman–Crippen LogP) is 3.54. The number of hydrogen-bond donors (Lipinski definition) is 1. The van der Waals surface area contributed by atoms with Crippen LogP contribution in [0.5, 0.6) is 0 Å². The molecule has 0 amide bonds. The molecule has 1 aliphatic rings. The van der Waals surface area contributed by atoms with Gasteiger partial charge in [-0.05, 0) is 42.9 Å². The molecular formula is C12H19NS2. The fraction of sp³-hybridized carbons (Fsp3) is 0.667. The lowest BCUT2D eigenvalue weighted by Gasteiger charge is -2.11. The minimum Gasteiger partial charge on any atom is -0.309 e. The second-order valence-corrected chi connectivity index (χ2v) is 6.34. The standard InChI is InChI=1S/C12H19NS2/c1-10(12-3-2-7-15-12)13-6-8-14-9-11-4-5-11/h2-3,7,10-11,13H,4-6,8-9H2,1H3. The van der Waals surface area contributed by atoms with Crippen molar-refractivity contribution in [2.45, 2.75) is 25.8 Å². The van der Waals surface area contributed by atoms with Crippen molar-refractivity contribution in [2.24, 2.45) is 5.92 Å². The Hall–Kier alpha value is 0.01000. The highest BCUT2D eigenvalue weighted by Crippen LogP contribution is 2.32. The molecule has 0 saturated heterocycles. The molecule has 1 N–H and O–H groups in total. The van der Waals surface area contributed by atoms with E-state index in [9.17, 15) is 0 Å². The average molecular weight is 241 g/mol. The third kappa shape index (κ3) is 4.17. The van der Waals surface area contributed by atoms with Gasteiger partial charge in [0.2, 0.25) is 0 Å². The average Bonchev–Trinajstić information content (AvgIpc) is 2.90. The first-order chi connectivity index (χ1) is 7.36. The number of nitrogens with one attached hydrogen (secondary N) is 1. The van der Waals surface area contributed by atoms with Gasteiger partial charge in [0.1, 0.15) is 0 Å². The Kier molecular flexibility index (Phi) is 4.54. The van der Waals surface area contributed by atoms with Crippen molar-refractivity contribution in [2.75, 3.05) is 18.1 Å². The first kappa shape index (κ1) is 11.5. The van der Waals surface area contributed by atoms with Crippen LogP contribution in [0.1, 0.15) is 30.7 Å². The molecule has 0 aliphatic heterocycles. The molecule has 0 aromatic carbocycles. The summed E-state index contributed by atoms with van der Waals surface area (Å²) in [6, 6.07) is 4.85. The van der Waals surface area contributed by atoms with Gasteiger partial charge in [-0.25, -0.2) is 0 Å². The highest BCUT2D eigenvalue weighted by Gasteiger charge is 2.20.